The average molecular weight is 1950 g/mol. The van der Waals surface area contributed by atoms with Gasteiger partial charge in [0.15, 0.2) is 0 Å². The van der Waals surface area contributed by atoms with E-state index in [1.165, 1.54) is 55.6 Å². The summed E-state index contributed by atoms with van der Waals surface area (Å²) in [7, 11) is -7.97. The Labute approximate surface area is 783 Å². The molecular weight excluding hydrogens is 1810 g/mol. The molecule has 2 saturated heterocycles. The number of nitrogens with two attached hydrogens (primary N) is 2. The van der Waals surface area contributed by atoms with Crippen LogP contribution in [0.25, 0.3) is 5.57 Å². The topological polar surface area (TPSA) is 226 Å². The van der Waals surface area contributed by atoms with Gasteiger partial charge in [-0.2, -0.15) is 0 Å². The van der Waals surface area contributed by atoms with Crippen LogP contribution in [0.1, 0.15) is 195 Å². The van der Waals surface area contributed by atoms with Crippen LogP contribution >= 0.6 is 47.8 Å². The van der Waals surface area contributed by atoms with Gasteiger partial charge in [-0.15, -0.1) is 6.58 Å². The van der Waals surface area contributed by atoms with Crippen LogP contribution in [-0.2, 0) is 53.8 Å². The maximum absolute atomic E-state index is 10.4. The van der Waals surface area contributed by atoms with E-state index in [4.69, 9.17) is 54.1 Å². The minimum atomic E-state index is -2.60. The lowest BCUT2D eigenvalue weighted by Gasteiger charge is -2.43. The Hall–Kier alpha value is -8.69. The maximum Gasteiger partial charge on any atom is 0.489 e. The molecule has 126 heavy (non-hydrogen) atoms. The number of benzene rings is 11. The molecule has 0 bridgehead atoms. The molecule has 2 aliphatic heterocycles. The van der Waals surface area contributed by atoms with Crippen molar-refractivity contribution in [2.24, 2.45) is 0 Å². The Morgan fingerprint density at radius 2 is 0.714 bits per heavy atom. The van der Waals surface area contributed by atoms with Crippen LogP contribution < -0.4 is 42.6 Å². The first kappa shape index (κ1) is 110. The molecule has 14 nitrogen and oxygen atoms in total. The van der Waals surface area contributed by atoms with E-state index in [9.17, 15) is 15.0 Å². The van der Waals surface area contributed by atoms with Crippen LogP contribution in [0.15, 0.2) is 305 Å². The third-order valence-corrected chi connectivity index (χ3v) is 39.0. The van der Waals surface area contributed by atoms with Gasteiger partial charge in [-0.05, 0) is 201 Å². The molecule has 3 radical (unpaired) electrons. The number of aromatic carboxylic acids is 1. The second-order valence-corrected chi connectivity index (χ2v) is 50.4. The molecule has 0 amide bonds. The summed E-state index contributed by atoms with van der Waals surface area (Å²) in [6.07, 6.45) is 2.56. The number of ether oxygens (including phenoxy) is 1. The van der Waals surface area contributed by atoms with Crippen LogP contribution in [0, 0.1) is 0 Å². The Bertz CT molecular complexity index is 5030. The van der Waals surface area contributed by atoms with Crippen LogP contribution in [-0.4, -0.2) is 96.4 Å². The molecule has 13 rings (SSSR count). The number of carbonyl (C=O) groups is 1. The average Bonchev–Trinajstić information content (AvgIpc) is 1.03. The fraction of sp³-hybridized carbons (Fsp3) is 0.317. The van der Waals surface area contributed by atoms with Crippen molar-refractivity contribution in [1.29, 1.82) is 0 Å². The van der Waals surface area contributed by atoms with Gasteiger partial charge >= 0.3 is 13.1 Å². The van der Waals surface area contributed by atoms with E-state index in [-0.39, 0.29) is 86.1 Å². The van der Waals surface area contributed by atoms with Gasteiger partial charge in [0.25, 0.3) is 25.0 Å². The number of anilines is 2. The van der Waals surface area contributed by atoms with Gasteiger partial charge in [-0.25, -0.2) is 4.79 Å². The van der Waals surface area contributed by atoms with Crippen LogP contribution in [0.3, 0.4) is 0 Å². The molecule has 11 aromatic rings. The van der Waals surface area contributed by atoms with Crippen LogP contribution in [0.2, 0.25) is 15.1 Å². The number of carboxylic acid groups (broad SMARTS) is 1. The molecule has 9 N–H and O–H groups in total. The SMILES string of the molecule is C.C.C1CCOC1.C=C(C)B1OC(C)(C)C(C)(C)O1.C=C(C)c1cccc(CO[Si](c2ccccc2)(c2ccccc2)C(C)(C)C)c1N.CC(C)(C)[Si](OCc1cccc(Br)c1O)(c1ccccc1)c1ccccc1.CC(C)c1cccc(CO[Si](c2ccccc2)(c2ccccc2)C(C)(C)C)c1N.O=C(O)c1cccc(Br)c1O.OCc1cccc(Br)c1O.[B]. The van der Waals surface area contributed by atoms with Crippen LogP contribution in [0.5, 0.6) is 17.2 Å². The fourth-order valence-electron chi connectivity index (χ4n) is 14.8. The van der Waals surface area contributed by atoms with Crippen molar-refractivity contribution < 1.29 is 57.7 Å². The number of carboxylic acids is 1. The lowest BCUT2D eigenvalue weighted by molar-refractivity contribution is 0.00578. The number of phenols is 3. The lowest BCUT2D eigenvalue weighted by Crippen LogP contribution is -2.66. The number of aromatic hydroxyl groups is 3. The number of phenolic OH excluding ortho intramolecular Hbond substituents is 1. The summed E-state index contributed by atoms with van der Waals surface area (Å²) in [5.41, 5.74) is 21.5. The van der Waals surface area contributed by atoms with E-state index in [0.717, 1.165) is 57.9 Å². The number of hydrogen-bond donors (Lipinski definition) is 7. The minimum Gasteiger partial charge on any atom is -0.506 e. The van der Waals surface area contributed by atoms with Gasteiger partial charge in [0.1, 0.15) is 22.8 Å². The van der Waals surface area contributed by atoms with E-state index in [1.54, 1.807) is 30.3 Å². The van der Waals surface area contributed by atoms with Gasteiger partial charge < -0.3 is 64.3 Å². The fourth-order valence-corrected chi connectivity index (χ4v) is 29.6. The second kappa shape index (κ2) is 49.8. The first-order chi connectivity index (χ1) is 58.0. The molecule has 2 aliphatic rings. The van der Waals surface area contributed by atoms with Crippen molar-refractivity contribution in [3.63, 3.8) is 0 Å². The number of hydrogen-bond acceptors (Lipinski definition) is 13. The van der Waals surface area contributed by atoms with E-state index in [1.807, 2.05) is 84.0 Å². The zero-order valence-electron chi connectivity index (χ0n) is 75.2. The number of nitrogen functional groups attached to an aromatic ring is 2. The van der Waals surface area contributed by atoms with E-state index >= 15 is 0 Å². The number of halogens is 3. The smallest absolute Gasteiger partial charge is 0.489 e. The van der Waals surface area contributed by atoms with E-state index < -0.39 is 30.9 Å². The molecule has 0 saturated carbocycles. The summed E-state index contributed by atoms with van der Waals surface area (Å²) in [5.74, 6) is -0.618. The number of rotatable bonds is 20. The van der Waals surface area contributed by atoms with Gasteiger partial charge in [-0.1, -0.05) is 352 Å². The number of para-hydroxylation sites is 5. The highest BCUT2D eigenvalue weighted by Crippen LogP contribution is 2.43. The molecule has 2 heterocycles. The Morgan fingerprint density at radius 3 is 0.984 bits per heavy atom. The van der Waals surface area contributed by atoms with Crippen molar-refractivity contribution in [3.8, 4) is 17.2 Å². The van der Waals surface area contributed by atoms with E-state index in [2.05, 4.69) is 331 Å². The zero-order valence-corrected chi connectivity index (χ0v) is 82.9. The molecule has 671 valence electrons. The quantitative estimate of drug-likeness (QED) is 0.0278. The van der Waals surface area contributed by atoms with Gasteiger partial charge in [0.05, 0.1) is 51.0 Å². The normalized spacial score (nSPS) is 13.2. The van der Waals surface area contributed by atoms with Gasteiger partial charge in [-0.3, -0.25) is 0 Å². The van der Waals surface area contributed by atoms with Gasteiger partial charge in [0.2, 0.25) is 0 Å². The third kappa shape index (κ3) is 27.9. The highest BCUT2D eigenvalue weighted by molar-refractivity contribution is 9.11. The first-order valence-electron chi connectivity index (χ1n) is 41.5. The maximum atomic E-state index is 10.4. The Balaban J connectivity index is 0.000000325. The van der Waals surface area contributed by atoms with Crippen molar-refractivity contribution in [3.05, 3.63) is 344 Å². The molecule has 0 aliphatic carbocycles. The zero-order chi connectivity index (χ0) is 90.7. The molecule has 0 aromatic heterocycles. The first-order valence-corrected chi connectivity index (χ1v) is 49.6. The lowest BCUT2D eigenvalue weighted by atomic mass is 9.81. The van der Waals surface area contributed by atoms with Crippen LogP contribution in [0.4, 0.5) is 11.4 Å². The standard InChI is InChI=1S/C26H33NOSi.C26H31NOSi.C23H25BrO2Si.C9H17BO2.C7H5BrO3.C7H7BrO2.C4H8O.2CH4.B/c2*1-20(2)24-18-12-13-21(25(24)27)19-28-29(26(3,4)5,22-14-8-6-9-15-22)23-16-10-7-11-17-23;1-23(2,3)27(19-12-6-4-7-13-19,20-14-8-5-9-15-20)26-17-18-11-10-16-21(24)22(18)25;1-7(2)10-11-8(3,4)9(5,6)12-10;8-5-3-1-2-4(6(5)9)7(10)11;8-6-3-1-2-5(4-9)7(6)10;1-2-4-5-3-1;;;/h6-18,20H,19,27H2,1-5H3;6-18H,1,19,27H2,2-5H3;4-16,25H,17H2,1-3H3;1H2,2-6H3;1-3,9H,(H,10,11);1-3,9-10H,4H2;1-4H2;2*1H4;. The van der Waals surface area contributed by atoms with Crippen molar-refractivity contribution in [1.82, 2.24) is 0 Å². The number of aliphatic hydroxyl groups is 1. The summed E-state index contributed by atoms with van der Waals surface area (Å²) in [6.45, 7) is 48.0. The summed E-state index contributed by atoms with van der Waals surface area (Å²) in [6, 6.07) is 91.6. The monoisotopic (exact) mass is 1950 g/mol. The molecule has 0 spiro atoms. The van der Waals surface area contributed by atoms with Gasteiger partial charge in [0, 0.05) is 49.7 Å². The molecule has 0 atom stereocenters. The summed E-state index contributed by atoms with van der Waals surface area (Å²) in [4.78, 5) is 10.4. The molecule has 2 fully saturated rings. The van der Waals surface area contributed by atoms with Crippen molar-refractivity contribution in [2.75, 3.05) is 24.7 Å². The van der Waals surface area contributed by atoms with Crippen molar-refractivity contribution >= 4 is 142 Å². The van der Waals surface area contributed by atoms with E-state index in [0.29, 0.717) is 44.7 Å². The molecule has 11 aromatic carbocycles. The predicted octanol–water partition coefficient (Wildman–Crippen LogP) is 23.5. The summed E-state index contributed by atoms with van der Waals surface area (Å²) in [5, 5.41) is 53.3. The molecule has 0 unspecified atom stereocenters. The second-order valence-electron chi connectivity index (χ2n) is 34.9. The Morgan fingerprint density at radius 1 is 0.437 bits per heavy atom. The third-order valence-electron chi connectivity index (χ3n) is 22.1. The largest absolute Gasteiger partial charge is 0.506 e. The summed E-state index contributed by atoms with van der Waals surface area (Å²) < 4.78 is 38.9. The highest BCUT2D eigenvalue weighted by atomic mass is 79.9. The Kier molecular flexibility index (Phi) is 43.3. The highest BCUT2D eigenvalue weighted by Gasteiger charge is 2.54. The summed E-state index contributed by atoms with van der Waals surface area (Å²) >= 11 is 9.53. The number of allylic oxidation sites excluding steroid dienone is 2. The number of aliphatic hydroxyl groups excluding tert-OH is 1. The van der Waals surface area contributed by atoms with Crippen molar-refractivity contribution in [2.45, 2.75) is 204 Å². The molecule has 22 heteroatoms. The predicted molar refractivity (Wildman–Crippen MR) is 548 cm³/mol. The minimum absolute atomic E-state index is 0. The molecular formula is C104H134B2Br3N2O12Si3.